The monoisotopic (exact) mass is 301 g/mol. The van der Waals surface area contributed by atoms with Gasteiger partial charge < -0.3 is 10.0 Å². The van der Waals surface area contributed by atoms with E-state index in [0.717, 1.165) is 37.1 Å². The zero-order valence-electron chi connectivity index (χ0n) is 12.1. The second-order valence-electron chi connectivity index (χ2n) is 5.63. The van der Waals surface area contributed by atoms with Crippen molar-refractivity contribution >= 4 is 17.2 Å². The first-order valence-corrected chi connectivity index (χ1v) is 8.20. The number of likely N-dealkylation sites (tertiary alicyclic amines) is 1. The predicted molar refractivity (Wildman–Crippen MR) is 85.0 cm³/mol. The van der Waals surface area contributed by atoms with Crippen LogP contribution in [0.2, 0.25) is 0 Å². The molecule has 4 heteroatoms. The smallest absolute Gasteiger partial charge is 0.254 e. The Labute approximate surface area is 128 Å². The van der Waals surface area contributed by atoms with Crippen LogP contribution in [0.25, 0.3) is 0 Å². The summed E-state index contributed by atoms with van der Waals surface area (Å²) in [7, 11) is 0. The number of aromatic hydroxyl groups is 1. The lowest BCUT2D eigenvalue weighted by Crippen LogP contribution is -2.38. The summed E-state index contributed by atoms with van der Waals surface area (Å²) in [6, 6.07) is 7.45. The summed E-state index contributed by atoms with van der Waals surface area (Å²) in [5.41, 5.74) is 3.18. The van der Waals surface area contributed by atoms with E-state index in [4.69, 9.17) is 0 Å². The van der Waals surface area contributed by atoms with E-state index in [1.165, 1.54) is 5.56 Å². The number of hydrogen-bond acceptors (Lipinski definition) is 3. The van der Waals surface area contributed by atoms with Crippen molar-refractivity contribution in [1.29, 1.82) is 0 Å². The molecule has 0 unspecified atom stereocenters. The highest BCUT2D eigenvalue weighted by atomic mass is 32.1. The van der Waals surface area contributed by atoms with Gasteiger partial charge in [0.1, 0.15) is 5.75 Å². The van der Waals surface area contributed by atoms with Gasteiger partial charge in [0.2, 0.25) is 0 Å². The minimum absolute atomic E-state index is 0.165. The molecule has 1 fully saturated rings. The van der Waals surface area contributed by atoms with Gasteiger partial charge in [0, 0.05) is 18.5 Å². The van der Waals surface area contributed by atoms with Crippen LogP contribution < -0.4 is 0 Å². The van der Waals surface area contributed by atoms with Crippen LogP contribution in [0.3, 0.4) is 0 Å². The molecule has 3 nitrogen and oxygen atoms in total. The standard InChI is InChI=1S/C17H19NO2S/c1-12-10-21-11-16(12)17(20)18-8-6-14(7-9-18)13-2-4-15(19)5-3-13/h2-5,10-11,14,19H,6-9H2,1H3. The van der Waals surface area contributed by atoms with E-state index in [0.29, 0.717) is 11.7 Å². The molecule has 0 radical (unpaired) electrons. The molecular formula is C17H19NO2S. The van der Waals surface area contributed by atoms with Crippen LogP contribution in [-0.2, 0) is 0 Å². The minimum atomic E-state index is 0.165. The third-order valence-electron chi connectivity index (χ3n) is 4.23. The first kappa shape index (κ1) is 14.1. The molecule has 0 bridgehead atoms. The van der Waals surface area contributed by atoms with Gasteiger partial charge in [-0.05, 0) is 54.3 Å². The summed E-state index contributed by atoms with van der Waals surface area (Å²) < 4.78 is 0. The number of aryl methyl sites for hydroxylation is 1. The SMILES string of the molecule is Cc1cscc1C(=O)N1CCC(c2ccc(O)cc2)CC1. The summed E-state index contributed by atoms with van der Waals surface area (Å²) in [6.07, 6.45) is 1.97. The molecule has 1 saturated heterocycles. The number of thiophene rings is 1. The zero-order chi connectivity index (χ0) is 14.8. The number of rotatable bonds is 2. The van der Waals surface area contributed by atoms with Gasteiger partial charge in [-0.2, -0.15) is 11.3 Å². The summed E-state index contributed by atoms with van der Waals surface area (Å²) in [4.78, 5) is 14.4. The number of phenolic OH excluding ortho intramolecular Hbond substituents is 1. The Kier molecular flexibility index (Phi) is 3.97. The largest absolute Gasteiger partial charge is 0.508 e. The van der Waals surface area contributed by atoms with Crippen LogP contribution in [0, 0.1) is 6.92 Å². The number of piperidine rings is 1. The van der Waals surface area contributed by atoms with Crippen LogP contribution in [0.1, 0.15) is 40.2 Å². The first-order valence-electron chi connectivity index (χ1n) is 7.26. The second-order valence-corrected chi connectivity index (χ2v) is 6.37. The molecule has 1 amide bonds. The molecule has 1 aromatic carbocycles. The normalized spacial score (nSPS) is 16.1. The summed E-state index contributed by atoms with van der Waals surface area (Å²) >= 11 is 1.59. The molecule has 1 N–H and O–H groups in total. The number of nitrogens with zero attached hydrogens (tertiary/aromatic N) is 1. The average molecular weight is 301 g/mol. The number of carbonyl (C=O) groups is 1. The Morgan fingerprint density at radius 2 is 1.86 bits per heavy atom. The van der Waals surface area contributed by atoms with E-state index in [-0.39, 0.29) is 5.91 Å². The summed E-state index contributed by atoms with van der Waals surface area (Å²) in [6.45, 7) is 3.60. The Balaban J connectivity index is 1.64. The lowest BCUT2D eigenvalue weighted by molar-refractivity contribution is 0.0713. The number of amides is 1. The highest BCUT2D eigenvalue weighted by molar-refractivity contribution is 7.08. The van der Waals surface area contributed by atoms with Gasteiger partial charge in [0.25, 0.3) is 5.91 Å². The minimum Gasteiger partial charge on any atom is -0.508 e. The molecule has 0 saturated carbocycles. The molecule has 110 valence electrons. The highest BCUT2D eigenvalue weighted by Gasteiger charge is 2.25. The maximum absolute atomic E-state index is 12.5. The molecule has 2 heterocycles. The summed E-state index contributed by atoms with van der Waals surface area (Å²) in [5, 5.41) is 13.3. The maximum atomic E-state index is 12.5. The van der Waals surface area contributed by atoms with Crippen LogP contribution in [0.15, 0.2) is 35.0 Å². The Bertz CT molecular complexity index is 624. The Morgan fingerprint density at radius 3 is 2.43 bits per heavy atom. The molecule has 3 rings (SSSR count). The number of hydrogen-bond donors (Lipinski definition) is 1. The molecule has 2 aromatic rings. The van der Waals surface area contributed by atoms with Crippen LogP contribution in [0.4, 0.5) is 0 Å². The van der Waals surface area contributed by atoms with Gasteiger partial charge in [-0.1, -0.05) is 12.1 Å². The van der Waals surface area contributed by atoms with Gasteiger partial charge in [0.15, 0.2) is 0 Å². The van der Waals surface area contributed by atoms with Gasteiger partial charge in [-0.25, -0.2) is 0 Å². The number of carbonyl (C=O) groups excluding carboxylic acids is 1. The molecule has 21 heavy (non-hydrogen) atoms. The maximum Gasteiger partial charge on any atom is 0.254 e. The quantitative estimate of drug-likeness (QED) is 0.917. The van der Waals surface area contributed by atoms with Crippen molar-refractivity contribution in [3.63, 3.8) is 0 Å². The van der Waals surface area contributed by atoms with Crippen LogP contribution in [0.5, 0.6) is 5.75 Å². The van der Waals surface area contributed by atoms with Gasteiger partial charge in [0.05, 0.1) is 5.56 Å². The van der Waals surface area contributed by atoms with Crippen LogP contribution in [-0.4, -0.2) is 29.0 Å². The third-order valence-corrected chi connectivity index (χ3v) is 5.09. The van der Waals surface area contributed by atoms with Crippen molar-refractivity contribution in [2.75, 3.05) is 13.1 Å². The van der Waals surface area contributed by atoms with Crippen molar-refractivity contribution in [1.82, 2.24) is 4.90 Å². The zero-order valence-corrected chi connectivity index (χ0v) is 12.9. The summed E-state index contributed by atoms with van der Waals surface area (Å²) in [5.74, 6) is 0.954. The van der Waals surface area contributed by atoms with Crippen molar-refractivity contribution in [2.24, 2.45) is 0 Å². The third kappa shape index (κ3) is 2.95. The van der Waals surface area contributed by atoms with E-state index < -0.39 is 0 Å². The number of phenols is 1. The van der Waals surface area contributed by atoms with Crippen molar-refractivity contribution < 1.29 is 9.90 Å². The van der Waals surface area contributed by atoms with Crippen LogP contribution >= 0.6 is 11.3 Å². The molecule has 1 aromatic heterocycles. The fourth-order valence-corrected chi connectivity index (χ4v) is 3.73. The lowest BCUT2D eigenvalue weighted by Gasteiger charge is -2.32. The molecule has 0 aliphatic carbocycles. The topological polar surface area (TPSA) is 40.5 Å². The van der Waals surface area contributed by atoms with E-state index in [1.807, 2.05) is 34.7 Å². The molecule has 1 aliphatic rings. The van der Waals surface area contributed by atoms with Crippen molar-refractivity contribution in [3.05, 3.63) is 51.7 Å². The molecule has 1 aliphatic heterocycles. The average Bonchev–Trinajstić information content (AvgIpc) is 2.94. The molecule has 0 atom stereocenters. The van der Waals surface area contributed by atoms with Crippen molar-refractivity contribution in [3.8, 4) is 5.75 Å². The Hall–Kier alpha value is -1.81. The Morgan fingerprint density at radius 1 is 1.19 bits per heavy atom. The van der Waals surface area contributed by atoms with E-state index in [2.05, 4.69) is 0 Å². The van der Waals surface area contributed by atoms with E-state index in [1.54, 1.807) is 23.5 Å². The first-order chi connectivity index (χ1) is 10.1. The molecular weight excluding hydrogens is 282 g/mol. The lowest BCUT2D eigenvalue weighted by atomic mass is 9.89. The van der Waals surface area contributed by atoms with Crippen molar-refractivity contribution in [2.45, 2.75) is 25.7 Å². The second kappa shape index (κ2) is 5.90. The van der Waals surface area contributed by atoms with E-state index >= 15 is 0 Å². The fraction of sp³-hybridized carbons (Fsp3) is 0.353. The van der Waals surface area contributed by atoms with Gasteiger partial charge in [-0.3, -0.25) is 4.79 Å². The number of benzene rings is 1. The van der Waals surface area contributed by atoms with Gasteiger partial charge >= 0.3 is 0 Å². The highest BCUT2D eigenvalue weighted by Crippen LogP contribution is 2.30. The fourth-order valence-electron chi connectivity index (χ4n) is 2.91. The van der Waals surface area contributed by atoms with E-state index in [9.17, 15) is 9.90 Å². The molecule has 0 spiro atoms. The predicted octanol–water partition coefficient (Wildman–Crippen LogP) is 3.78. The van der Waals surface area contributed by atoms with Gasteiger partial charge in [-0.15, -0.1) is 0 Å².